The number of carbonyl (C=O) groups excluding carboxylic acids is 1. The van der Waals surface area contributed by atoms with Crippen molar-refractivity contribution >= 4 is 56.3 Å². The Kier molecular flexibility index (Phi) is 3.70. The molecule has 1 heterocycles. The molecule has 0 spiro atoms. The maximum Gasteiger partial charge on any atom is 0.195 e. The second-order valence-electron chi connectivity index (χ2n) is 3.09. The van der Waals surface area contributed by atoms with Gasteiger partial charge in [0.1, 0.15) is 0 Å². The maximum atomic E-state index is 12.1. The Morgan fingerprint density at radius 2 is 2.00 bits per heavy atom. The minimum atomic E-state index is -0.116. The van der Waals surface area contributed by atoms with Gasteiger partial charge in [-0.05, 0) is 40.2 Å². The second-order valence-corrected chi connectivity index (χ2v) is 6.23. The zero-order chi connectivity index (χ0) is 11.7. The molecule has 0 aliphatic rings. The lowest BCUT2D eigenvalue weighted by Crippen LogP contribution is -2.00. The van der Waals surface area contributed by atoms with Gasteiger partial charge >= 0.3 is 0 Å². The van der Waals surface area contributed by atoms with Gasteiger partial charge in [-0.25, -0.2) is 0 Å². The van der Waals surface area contributed by atoms with Crippen LogP contribution in [-0.4, -0.2) is 5.78 Å². The highest BCUT2D eigenvalue weighted by Gasteiger charge is 2.14. The topological polar surface area (TPSA) is 17.1 Å². The summed E-state index contributed by atoms with van der Waals surface area (Å²) >= 11 is 16.6. The monoisotopic (exact) mass is 334 g/mol. The Labute approximate surface area is 115 Å². The third kappa shape index (κ3) is 2.48. The number of hydrogen-bond donors (Lipinski definition) is 0. The van der Waals surface area contributed by atoms with E-state index in [4.69, 9.17) is 23.2 Å². The Morgan fingerprint density at radius 3 is 2.62 bits per heavy atom. The number of carbonyl (C=O) groups is 1. The molecule has 0 bridgehead atoms. The summed E-state index contributed by atoms with van der Waals surface area (Å²) in [6, 6.07) is 6.63. The van der Waals surface area contributed by atoms with Crippen LogP contribution in [0.5, 0.6) is 0 Å². The molecule has 16 heavy (non-hydrogen) atoms. The van der Waals surface area contributed by atoms with E-state index < -0.39 is 0 Å². The van der Waals surface area contributed by atoms with E-state index in [-0.39, 0.29) is 5.78 Å². The first-order chi connectivity index (χ1) is 7.58. The first-order valence-corrected chi connectivity index (χ1v) is 6.74. The summed E-state index contributed by atoms with van der Waals surface area (Å²) in [6.07, 6.45) is 0. The van der Waals surface area contributed by atoms with Gasteiger partial charge in [-0.2, -0.15) is 0 Å². The van der Waals surface area contributed by atoms with Gasteiger partial charge < -0.3 is 0 Å². The summed E-state index contributed by atoms with van der Waals surface area (Å²) in [5, 5.41) is 2.70. The first-order valence-electron chi connectivity index (χ1n) is 4.31. The third-order valence-electron chi connectivity index (χ3n) is 2.00. The molecule has 0 atom stereocenters. The summed E-state index contributed by atoms with van der Waals surface area (Å²) in [4.78, 5) is 12.1. The molecule has 1 aromatic heterocycles. The van der Waals surface area contributed by atoms with E-state index in [1.807, 2.05) is 0 Å². The lowest BCUT2D eigenvalue weighted by atomic mass is 10.1. The normalized spacial score (nSPS) is 10.4. The van der Waals surface area contributed by atoms with Crippen LogP contribution >= 0.6 is 50.5 Å². The van der Waals surface area contributed by atoms with Gasteiger partial charge in [0.15, 0.2) is 5.78 Å². The molecule has 1 nitrogen and oxygen atoms in total. The van der Waals surface area contributed by atoms with Crippen LogP contribution in [0.4, 0.5) is 0 Å². The van der Waals surface area contributed by atoms with Gasteiger partial charge in [-0.3, -0.25) is 4.79 Å². The molecule has 0 unspecified atom stereocenters. The Morgan fingerprint density at radius 1 is 1.25 bits per heavy atom. The van der Waals surface area contributed by atoms with E-state index in [2.05, 4.69) is 15.9 Å². The molecule has 5 heteroatoms. The average molecular weight is 336 g/mol. The van der Waals surface area contributed by atoms with E-state index in [1.165, 1.54) is 11.3 Å². The van der Waals surface area contributed by atoms with E-state index in [1.54, 1.807) is 29.6 Å². The predicted molar refractivity (Wildman–Crippen MR) is 71.9 cm³/mol. The van der Waals surface area contributed by atoms with Crippen molar-refractivity contribution in [2.45, 2.75) is 0 Å². The standard InChI is InChI=1S/C11H5BrCl2OS/c12-10-3-6(5-16-10)11(15)8-4-7(13)1-2-9(8)14/h1-5H. The van der Waals surface area contributed by atoms with Crippen molar-refractivity contribution in [1.82, 2.24) is 0 Å². The summed E-state index contributed by atoms with van der Waals surface area (Å²) in [5.74, 6) is -0.116. The highest BCUT2D eigenvalue weighted by Crippen LogP contribution is 2.27. The molecule has 2 rings (SSSR count). The van der Waals surface area contributed by atoms with E-state index in [9.17, 15) is 4.79 Å². The number of benzene rings is 1. The van der Waals surface area contributed by atoms with E-state index in [0.717, 1.165) is 3.79 Å². The SMILES string of the molecule is O=C(c1csc(Br)c1)c1cc(Cl)ccc1Cl. The molecule has 2 aromatic rings. The van der Waals surface area contributed by atoms with Crippen LogP contribution in [0, 0.1) is 0 Å². The summed E-state index contributed by atoms with van der Waals surface area (Å²) in [7, 11) is 0. The quantitative estimate of drug-likeness (QED) is 0.702. The molecule has 0 N–H and O–H groups in total. The van der Waals surface area contributed by atoms with Gasteiger partial charge in [0.25, 0.3) is 0 Å². The van der Waals surface area contributed by atoms with Gasteiger partial charge in [0.05, 0.1) is 8.81 Å². The Hall–Kier alpha value is -0.350. The van der Waals surface area contributed by atoms with Crippen molar-refractivity contribution in [3.8, 4) is 0 Å². The molecule has 0 aliphatic carbocycles. The lowest BCUT2D eigenvalue weighted by molar-refractivity contribution is 0.103. The van der Waals surface area contributed by atoms with Gasteiger partial charge in [0.2, 0.25) is 0 Å². The van der Waals surface area contributed by atoms with Gasteiger partial charge in [-0.15, -0.1) is 11.3 Å². The number of rotatable bonds is 2. The molecule has 0 fully saturated rings. The van der Waals surface area contributed by atoms with Gasteiger partial charge in [-0.1, -0.05) is 23.2 Å². The highest BCUT2D eigenvalue weighted by molar-refractivity contribution is 9.11. The van der Waals surface area contributed by atoms with Crippen LogP contribution in [0.2, 0.25) is 10.0 Å². The van der Waals surface area contributed by atoms with Crippen molar-refractivity contribution in [1.29, 1.82) is 0 Å². The fourth-order valence-corrected chi connectivity index (χ4v) is 2.77. The average Bonchev–Trinajstić information content (AvgIpc) is 2.67. The molecular weight excluding hydrogens is 331 g/mol. The fourth-order valence-electron chi connectivity index (χ4n) is 1.26. The van der Waals surface area contributed by atoms with Crippen LogP contribution in [0.25, 0.3) is 0 Å². The maximum absolute atomic E-state index is 12.1. The molecule has 0 aliphatic heterocycles. The lowest BCUT2D eigenvalue weighted by Gasteiger charge is -2.02. The predicted octanol–water partition coefficient (Wildman–Crippen LogP) is 5.05. The zero-order valence-electron chi connectivity index (χ0n) is 7.84. The minimum Gasteiger partial charge on any atom is -0.289 e. The number of ketones is 1. The third-order valence-corrected chi connectivity index (χ3v) is 4.07. The number of thiophene rings is 1. The smallest absolute Gasteiger partial charge is 0.195 e. The summed E-state index contributed by atoms with van der Waals surface area (Å²) < 4.78 is 0.911. The molecular formula is C11H5BrCl2OS. The van der Waals surface area contributed by atoms with Gasteiger partial charge in [0, 0.05) is 21.5 Å². The first kappa shape index (κ1) is 12.1. The van der Waals surface area contributed by atoms with Crippen LogP contribution in [0.1, 0.15) is 15.9 Å². The number of halogens is 3. The minimum absolute atomic E-state index is 0.116. The van der Waals surface area contributed by atoms with E-state index >= 15 is 0 Å². The van der Waals surface area contributed by atoms with Crippen molar-refractivity contribution in [2.24, 2.45) is 0 Å². The van der Waals surface area contributed by atoms with Crippen LogP contribution in [0.3, 0.4) is 0 Å². The van der Waals surface area contributed by atoms with Crippen molar-refractivity contribution in [2.75, 3.05) is 0 Å². The number of hydrogen-bond acceptors (Lipinski definition) is 2. The van der Waals surface area contributed by atoms with Crippen LogP contribution < -0.4 is 0 Å². The van der Waals surface area contributed by atoms with E-state index in [0.29, 0.717) is 21.2 Å². The van der Waals surface area contributed by atoms with Crippen LogP contribution in [0.15, 0.2) is 33.4 Å². The van der Waals surface area contributed by atoms with Crippen LogP contribution in [-0.2, 0) is 0 Å². The zero-order valence-corrected chi connectivity index (χ0v) is 11.8. The summed E-state index contributed by atoms with van der Waals surface area (Å²) in [6.45, 7) is 0. The molecule has 1 aromatic carbocycles. The Balaban J connectivity index is 2.45. The molecule has 82 valence electrons. The van der Waals surface area contributed by atoms with Crippen molar-refractivity contribution in [3.05, 3.63) is 54.6 Å². The Bertz CT molecular complexity index is 551. The van der Waals surface area contributed by atoms with Crippen molar-refractivity contribution < 1.29 is 4.79 Å². The van der Waals surface area contributed by atoms with Crippen molar-refractivity contribution in [3.63, 3.8) is 0 Å². The largest absolute Gasteiger partial charge is 0.289 e. The highest BCUT2D eigenvalue weighted by atomic mass is 79.9. The second kappa shape index (κ2) is 4.88. The molecule has 0 saturated heterocycles. The molecule has 0 saturated carbocycles. The molecule has 0 radical (unpaired) electrons. The summed E-state index contributed by atoms with van der Waals surface area (Å²) in [5.41, 5.74) is 1.04. The molecule has 0 amide bonds. The fraction of sp³-hybridized carbons (Fsp3) is 0.